The molecule has 0 spiro atoms. The third kappa shape index (κ3) is 3.54. The highest BCUT2D eigenvalue weighted by Crippen LogP contribution is 2.28. The van der Waals surface area contributed by atoms with Crippen LogP contribution >= 0.6 is 0 Å². The summed E-state index contributed by atoms with van der Waals surface area (Å²) in [5, 5.41) is 17.2. The molecule has 154 valence electrons. The fourth-order valence-corrected chi connectivity index (χ4v) is 4.45. The molecule has 1 aliphatic heterocycles. The van der Waals surface area contributed by atoms with Gasteiger partial charge < -0.3 is 10.2 Å². The number of nitrogens with one attached hydrogen (secondary N) is 1. The number of aromatic nitrogens is 3. The first-order chi connectivity index (χ1) is 15.1. The maximum absolute atomic E-state index is 9.17. The maximum Gasteiger partial charge on any atom is 0.162 e. The van der Waals surface area contributed by atoms with Crippen LogP contribution < -0.4 is 10.2 Å². The van der Waals surface area contributed by atoms with Crippen LogP contribution in [-0.2, 0) is 0 Å². The average molecular weight is 409 g/mol. The Morgan fingerprint density at radius 3 is 2.48 bits per heavy atom. The fourth-order valence-electron chi connectivity index (χ4n) is 4.45. The van der Waals surface area contributed by atoms with Crippen molar-refractivity contribution in [2.24, 2.45) is 0 Å². The van der Waals surface area contributed by atoms with E-state index in [0.717, 1.165) is 41.0 Å². The molecule has 1 saturated heterocycles. The van der Waals surface area contributed by atoms with Crippen molar-refractivity contribution in [2.45, 2.75) is 25.9 Å². The lowest BCUT2D eigenvalue weighted by Gasteiger charge is -2.41. The zero-order valence-corrected chi connectivity index (χ0v) is 17.7. The first kappa shape index (κ1) is 19.3. The van der Waals surface area contributed by atoms with Crippen molar-refractivity contribution in [2.75, 3.05) is 18.0 Å². The van der Waals surface area contributed by atoms with Crippen molar-refractivity contribution >= 4 is 11.3 Å². The number of anilines is 1. The van der Waals surface area contributed by atoms with E-state index in [2.05, 4.69) is 64.5 Å². The molecule has 1 fully saturated rings. The lowest BCUT2D eigenvalue weighted by Crippen LogP contribution is -2.55. The van der Waals surface area contributed by atoms with E-state index < -0.39 is 0 Å². The van der Waals surface area contributed by atoms with Gasteiger partial charge >= 0.3 is 0 Å². The van der Waals surface area contributed by atoms with Gasteiger partial charge in [-0.1, -0.05) is 24.3 Å². The first-order valence-corrected chi connectivity index (χ1v) is 10.6. The maximum atomic E-state index is 9.17. The summed E-state index contributed by atoms with van der Waals surface area (Å²) < 4.78 is 1.80. The lowest BCUT2D eigenvalue weighted by molar-refractivity contribution is 0.432. The van der Waals surface area contributed by atoms with Crippen molar-refractivity contribution in [1.29, 1.82) is 5.26 Å². The Bertz CT molecular complexity index is 1260. The van der Waals surface area contributed by atoms with Crippen molar-refractivity contribution < 1.29 is 0 Å². The molecule has 2 aromatic carbocycles. The van der Waals surface area contributed by atoms with E-state index in [1.807, 2.05) is 30.6 Å². The van der Waals surface area contributed by atoms with Gasteiger partial charge in [-0.15, -0.1) is 0 Å². The van der Waals surface area contributed by atoms with Gasteiger partial charge in [-0.25, -0.2) is 9.50 Å². The summed E-state index contributed by atoms with van der Waals surface area (Å²) in [5.74, 6) is 0. The second-order valence-electron chi connectivity index (χ2n) is 8.17. The van der Waals surface area contributed by atoms with Crippen LogP contribution in [0.4, 0.5) is 5.69 Å². The summed E-state index contributed by atoms with van der Waals surface area (Å²) in [6.45, 7) is 6.53. The van der Waals surface area contributed by atoms with Crippen LogP contribution in [0, 0.1) is 11.3 Å². The molecule has 31 heavy (non-hydrogen) atoms. The molecule has 0 saturated carbocycles. The molecular formula is C25H24N6. The molecule has 4 aromatic rings. The van der Waals surface area contributed by atoms with Crippen LogP contribution in [0.1, 0.15) is 19.4 Å². The van der Waals surface area contributed by atoms with E-state index in [1.54, 1.807) is 16.8 Å². The molecule has 1 N–H and O–H groups in total. The molecule has 1 aliphatic rings. The van der Waals surface area contributed by atoms with Gasteiger partial charge in [0.15, 0.2) is 5.65 Å². The average Bonchev–Trinajstić information content (AvgIpc) is 3.23. The quantitative estimate of drug-likeness (QED) is 0.552. The van der Waals surface area contributed by atoms with Gasteiger partial charge in [-0.3, -0.25) is 0 Å². The Kier molecular flexibility index (Phi) is 4.89. The van der Waals surface area contributed by atoms with Crippen molar-refractivity contribution in [3.05, 3.63) is 72.7 Å². The van der Waals surface area contributed by atoms with E-state index in [4.69, 9.17) is 0 Å². The Hall–Kier alpha value is -3.69. The molecule has 0 aliphatic carbocycles. The zero-order chi connectivity index (χ0) is 21.4. The second-order valence-corrected chi connectivity index (χ2v) is 8.17. The lowest BCUT2D eigenvalue weighted by atomic mass is 10.0. The third-order valence-electron chi connectivity index (χ3n) is 5.99. The second kappa shape index (κ2) is 7.86. The molecule has 2 atom stereocenters. The van der Waals surface area contributed by atoms with Gasteiger partial charge in [0.2, 0.25) is 0 Å². The smallest absolute Gasteiger partial charge is 0.162 e. The van der Waals surface area contributed by atoms with E-state index in [0.29, 0.717) is 17.6 Å². The minimum Gasteiger partial charge on any atom is -0.364 e. The topological polar surface area (TPSA) is 69.2 Å². The first-order valence-electron chi connectivity index (χ1n) is 10.6. The van der Waals surface area contributed by atoms with Gasteiger partial charge in [0.05, 0.1) is 17.8 Å². The monoisotopic (exact) mass is 408 g/mol. The predicted octanol–water partition coefficient (Wildman–Crippen LogP) is 4.12. The van der Waals surface area contributed by atoms with Crippen molar-refractivity contribution in [1.82, 2.24) is 19.9 Å². The zero-order valence-electron chi connectivity index (χ0n) is 17.7. The summed E-state index contributed by atoms with van der Waals surface area (Å²) in [6, 6.07) is 19.3. The van der Waals surface area contributed by atoms with E-state index in [-0.39, 0.29) is 0 Å². The molecule has 0 bridgehead atoms. The van der Waals surface area contributed by atoms with Crippen LogP contribution in [0.25, 0.3) is 27.9 Å². The number of piperazine rings is 1. The van der Waals surface area contributed by atoms with Crippen LogP contribution in [0.3, 0.4) is 0 Å². The summed E-state index contributed by atoms with van der Waals surface area (Å²) in [4.78, 5) is 7.17. The van der Waals surface area contributed by atoms with Gasteiger partial charge in [0.1, 0.15) is 0 Å². The van der Waals surface area contributed by atoms with Gasteiger partial charge in [-0.2, -0.15) is 10.4 Å². The number of nitriles is 1. The van der Waals surface area contributed by atoms with Crippen LogP contribution in [0.15, 0.2) is 67.1 Å². The van der Waals surface area contributed by atoms with Gasteiger partial charge in [0, 0.05) is 54.4 Å². The molecule has 0 radical (unpaired) electrons. The largest absolute Gasteiger partial charge is 0.364 e. The minimum absolute atomic E-state index is 0.467. The van der Waals surface area contributed by atoms with Gasteiger partial charge in [0.25, 0.3) is 0 Å². The number of fused-ring (bicyclic) bond motifs is 1. The number of nitrogens with zero attached hydrogens (tertiary/aromatic N) is 5. The highest BCUT2D eigenvalue weighted by Gasteiger charge is 2.24. The summed E-state index contributed by atoms with van der Waals surface area (Å²) >= 11 is 0. The summed E-state index contributed by atoms with van der Waals surface area (Å²) in [7, 11) is 0. The molecule has 6 nitrogen and oxygen atoms in total. The SMILES string of the molecule is C[C@@H]1CNC[C@H](C)N1c1ccc(-c2cnc3c(-c4cccc(C#N)c4)cnn3c2)cc1. The van der Waals surface area contributed by atoms with E-state index >= 15 is 0 Å². The van der Waals surface area contributed by atoms with Crippen LogP contribution in [0.5, 0.6) is 0 Å². The fraction of sp³-hybridized carbons (Fsp3) is 0.240. The van der Waals surface area contributed by atoms with Crippen molar-refractivity contribution in [3.8, 4) is 28.3 Å². The minimum atomic E-state index is 0.467. The molecule has 0 amide bonds. The standard InChI is InChI=1S/C25H24N6/c1-17-12-27-13-18(2)31(17)23-8-6-20(7-9-23)22-14-28-25-24(15-29-30(25)16-22)21-5-3-4-19(10-21)11-26/h3-10,14-18,27H,12-13H2,1-2H3/t17-,18+. The highest BCUT2D eigenvalue weighted by atomic mass is 15.2. The molecule has 2 aromatic heterocycles. The predicted molar refractivity (Wildman–Crippen MR) is 123 cm³/mol. The van der Waals surface area contributed by atoms with E-state index in [1.165, 1.54) is 5.69 Å². The Labute approximate surface area is 181 Å². The molecule has 6 heteroatoms. The van der Waals surface area contributed by atoms with Gasteiger partial charge in [-0.05, 0) is 49.2 Å². The van der Waals surface area contributed by atoms with E-state index in [9.17, 15) is 5.26 Å². The third-order valence-corrected chi connectivity index (χ3v) is 5.99. The molecule has 5 rings (SSSR count). The molecular weight excluding hydrogens is 384 g/mol. The van der Waals surface area contributed by atoms with Crippen LogP contribution in [-0.4, -0.2) is 39.8 Å². The number of benzene rings is 2. The Morgan fingerprint density at radius 2 is 1.74 bits per heavy atom. The summed E-state index contributed by atoms with van der Waals surface area (Å²) in [5.41, 5.74) is 6.63. The molecule has 0 unspecified atom stereocenters. The van der Waals surface area contributed by atoms with Crippen LogP contribution in [0.2, 0.25) is 0 Å². The normalized spacial score (nSPS) is 18.8. The molecule has 3 heterocycles. The Balaban J connectivity index is 1.45. The number of hydrogen-bond donors (Lipinski definition) is 1. The highest BCUT2D eigenvalue weighted by molar-refractivity contribution is 5.78. The summed E-state index contributed by atoms with van der Waals surface area (Å²) in [6.07, 6.45) is 5.70. The number of rotatable bonds is 3. The number of hydrogen-bond acceptors (Lipinski definition) is 5. The van der Waals surface area contributed by atoms with Crippen molar-refractivity contribution in [3.63, 3.8) is 0 Å². The Morgan fingerprint density at radius 1 is 0.968 bits per heavy atom.